The van der Waals surface area contributed by atoms with Crippen LogP contribution in [-0.4, -0.2) is 31.5 Å². The predicted octanol–water partition coefficient (Wildman–Crippen LogP) is 5.73. The lowest BCUT2D eigenvalue weighted by Gasteiger charge is -2.14. The van der Waals surface area contributed by atoms with E-state index < -0.39 is 17.3 Å². The molecule has 4 aromatic heterocycles. The summed E-state index contributed by atoms with van der Waals surface area (Å²) in [6, 6.07) is 17.2. The average molecular weight is 517 g/mol. The Morgan fingerprint density at radius 1 is 0.842 bits per heavy atom. The van der Waals surface area contributed by atoms with Gasteiger partial charge >= 0.3 is 6.18 Å². The first kappa shape index (κ1) is 25.1. The molecule has 7 nitrogen and oxygen atoms in total. The lowest BCUT2D eigenvalue weighted by Crippen LogP contribution is -2.17. The van der Waals surface area contributed by atoms with E-state index in [4.69, 9.17) is 0 Å². The molecule has 1 aromatic carbocycles. The van der Waals surface area contributed by atoms with E-state index in [0.29, 0.717) is 24.2 Å². The Labute approximate surface area is 215 Å². The molecule has 10 heteroatoms. The maximum atomic E-state index is 13.6. The molecule has 0 aliphatic heterocycles. The van der Waals surface area contributed by atoms with E-state index in [1.807, 2.05) is 31.2 Å². The Kier molecular flexibility index (Phi) is 6.62. The van der Waals surface area contributed by atoms with Crippen molar-refractivity contribution in [2.24, 2.45) is 0 Å². The smallest absolute Gasteiger partial charge is 0.380 e. The van der Waals surface area contributed by atoms with Crippen LogP contribution in [0.3, 0.4) is 0 Å². The van der Waals surface area contributed by atoms with Crippen molar-refractivity contribution in [1.82, 2.24) is 24.9 Å². The molecule has 0 spiro atoms. The molecule has 0 saturated heterocycles. The number of nitrogens with one attached hydrogen (secondary N) is 2. The molecular formula is C28H23F3N6O. The van der Waals surface area contributed by atoms with Gasteiger partial charge in [-0.05, 0) is 38.1 Å². The normalized spacial score (nSPS) is 11.6. The van der Waals surface area contributed by atoms with E-state index in [-0.39, 0.29) is 33.8 Å². The summed E-state index contributed by atoms with van der Waals surface area (Å²) in [4.78, 5) is 33.7. The van der Waals surface area contributed by atoms with Gasteiger partial charge in [0, 0.05) is 47.4 Å². The number of alkyl halides is 3. The first-order valence-electron chi connectivity index (χ1n) is 11.9. The second-order valence-corrected chi connectivity index (χ2v) is 8.84. The first-order valence-corrected chi connectivity index (χ1v) is 11.9. The van der Waals surface area contributed by atoms with Gasteiger partial charge in [0.2, 0.25) is 5.43 Å². The van der Waals surface area contributed by atoms with E-state index in [1.54, 1.807) is 24.3 Å². The van der Waals surface area contributed by atoms with E-state index in [2.05, 4.69) is 30.2 Å². The van der Waals surface area contributed by atoms with Crippen molar-refractivity contribution in [1.29, 1.82) is 0 Å². The minimum atomic E-state index is -4.64. The zero-order valence-corrected chi connectivity index (χ0v) is 20.6. The lowest BCUT2D eigenvalue weighted by molar-refractivity contribution is -0.141. The van der Waals surface area contributed by atoms with Gasteiger partial charge in [0.25, 0.3) is 0 Å². The third-order valence-electron chi connectivity index (χ3n) is 5.92. The molecular weight excluding hydrogens is 493 g/mol. The van der Waals surface area contributed by atoms with Gasteiger partial charge in [0.1, 0.15) is 11.4 Å². The van der Waals surface area contributed by atoms with Crippen LogP contribution in [-0.2, 0) is 12.6 Å². The number of H-pyrrole nitrogens is 1. The first-order chi connectivity index (χ1) is 18.2. The summed E-state index contributed by atoms with van der Waals surface area (Å²) in [6.45, 7) is 3.84. The van der Waals surface area contributed by atoms with Gasteiger partial charge in [0.15, 0.2) is 11.2 Å². The van der Waals surface area contributed by atoms with Crippen molar-refractivity contribution >= 4 is 16.9 Å². The van der Waals surface area contributed by atoms with Crippen LogP contribution in [0.15, 0.2) is 71.7 Å². The molecule has 0 unspecified atom stereocenters. The zero-order chi connectivity index (χ0) is 26.9. The average Bonchev–Trinajstić information content (AvgIpc) is 2.89. The van der Waals surface area contributed by atoms with Crippen molar-refractivity contribution in [2.75, 3.05) is 11.9 Å². The van der Waals surface area contributed by atoms with Gasteiger partial charge in [-0.1, -0.05) is 36.4 Å². The third kappa shape index (κ3) is 5.24. The summed E-state index contributed by atoms with van der Waals surface area (Å²) < 4.78 is 40.7. The van der Waals surface area contributed by atoms with E-state index in [0.717, 1.165) is 17.5 Å². The SMILES string of the molecule is Cc1cccc(CCNc2c[nH]c3nc(-c4ccccc4)c(-c4cc(C)nc(C(F)(F)F)c4)nc3c2=O)n1. The minimum absolute atomic E-state index is 0.0152. The van der Waals surface area contributed by atoms with Crippen molar-refractivity contribution in [3.63, 3.8) is 0 Å². The van der Waals surface area contributed by atoms with Crippen LogP contribution in [0.2, 0.25) is 0 Å². The fourth-order valence-corrected chi connectivity index (χ4v) is 4.17. The van der Waals surface area contributed by atoms with Gasteiger partial charge in [-0.3, -0.25) is 9.78 Å². The maximum absolute atomic E-state index is 13.6. The second kappa shape index (κ2) is 10.0. The zero-order valence-electron chi connectivity index (χ0n) is 20.6. The highest BCUT2D eigenvalue weighted by Gasteiger charge is 2.33. The summed E-state index contributed by atoms with van der Waals surface area (Å²) in [5, 5.41) is 3.11. The summed E-state index contributed by atoms with van der Waals surface area (Å²) in [5.41, 5.74) is 2.35. The van der Waals surface area contributed by atoms with Gasteiger partial charge in [0.05, 0.1) is 11.4 Å². The van der Waals surface area contributed by atoms with Crippen molar-refractivity contribution in [2.45, 2.75) is 26.4 Å². The predicted molar refractivity (Wildman–Crippen MR) is 140 cm³/mol. The van der Waals surface area contributed by atoms with E-state index in [1.165, 1.54) is 19.2 Å². The number of halogens is 3. The lowest BCUT2D eigenvalue weighted by atomic mass is 10.0. The number of aromatic nitrogens is 5. The fraction of sp³-hybridized carbons (Fsp3) is 0.179. The van der Waals surface area contributed by atoms with Gasteiger partial charge in [-0.2, -0.15) is 13.2 Å². The maximum Gasteiger partial charge on any atom is 0.433 e. The summed E-state index contributed by atoms with van der Waals surface area (Å²) in [6.07, 6.45) is -2.52. The Morgan fingerprint density at radius 3 is 2.34 bits per heavy atom. The number of aromatic amines is 1. The van der Waals surface area contributed by atoms with Crippen molar-refractivity contribution < 1.29 is 13.2 Å². The highest BCUT2D eigenvalue weighted by molar-refractivity contribution is 5.85. The molecule has 0 radical (unpaired) electrons. The highest BCUT2D eigenvalue weighted by atomic mass is 19.4. The molecule has 5 aromatic rings. The molecule has 0 aliphatic rings. The summed E-state index contributed by atoms with van der Waals surface area (Å²) >= 11 is 0. The van der Waals surface area contributed by atoms with Crippen LogP contribution in [0.4, 0.5) is 18.9 Å². The van der Waals surface area contributed by atoms with Crippen molar-refractivity contribution in [3.8, 4) is 22.5 Å². The topological polar surface area (TPSA) is 96.5 Å². The fourth-order valence-electron chi connectivity index (χ4n) is 4.17. The van der Waals surface area contributed by atoms with Crippen LogP contribution in [0, 0.1) is 13.8 Å². The molecule has 4 heterocycles. The second-order valence-electron chi connectivity index (χ2n) is 8.84. The number of hydrogen-bond donors (Lipinski definition) is 2. The number of benzene rings is 1. The standard InChI is InChI=1S/C28H23F3N6O/c1-16-7-6-10-20(34-16)11-12-32-21-15-33-27-25(26(21)38)36-24(23(37-27)18-8-4-3-5-9-18)19-13-17(2)35-22(14-19)28(29,30)31/h3-10,13-15,32H,11-12H2,1-2H3,(H,33,37,38). The number of pyridine rings is 3. The van der Waals surface area contributed by atoms with Gasteiger partial charge in [-0.15, -0.1) is 0 Å². The van der Waals surface area contributed by atoms with Crippen LogP contribution in [0.5, 0.6) is 0 Å². The molecule has 2 N–H and O–H groups in total. The Bertz CT molecular complexity index is 1680. The quantitative estimate of drug-likeness (QED) is 0.299. The monoisotopic (exact) mass is 516 g/mol. The molecule has 0 saturated carbocycles. The summed E-state index contributed by atoms with van der Waals surface area (Å²) in [5.74, 6) is 0. The Morgan fingerprint density at radius 2 is 1.61 bits per heavy atom. The Balaban J connectivity index is 1.60. The molecule has 0 amide bonds. The number of fused-ring (bicyclic) bond motifs is 1. The molecule has 0 bridgehead atoms. The Hall–Kier alpha value is -4.60. The third-order valence-corrected chi connectivity index (χ3v) is 5.92. The number of rotatable bonds is 6. The van der Waals surface area contributed by atoms with E-state index >= 15 is 0 Å². The minimum Gasteiger partial charge on any atom is -0.380 e. The molecule has 38 heavy (non-hydrogen) atoms. The number of anilines is 1. The molecule has 5 rings (SSSR count). The van der Waals surface area contributed by atoms with Crippen molar-refractivity contribution in [3.05, 3.63) is 99.9 Å². The van der Waals surface area contributed by atoms with Crippen LogP contribution in [0.25, 0.3) is 33.7 Å². The van der Waals surface area contributed by atoms with Gasteiger partial charge < -0.3 is 10.3 Å². The largest absolute Gasteiger partial charge is 0.433 e. The molecule has 192 valence electrons. The number of aryl methyl sites for hydroxylation is 2. The van der Waals surface area contributed by atoms with Crippen LogP contribution in [0.1, 0.15) is 22.8 Å². The molecule has 0 fully saturated rings. The summed E-state index contributed by atoms with van der Waals surface area (Å²) in [7, 11) is 0. The highest BCUT2D eigenvalue weighted by Crippen LogP contribution is 2.34. The van der Waals surface area contributed by atoms with Crippen LogP contribution >= 0.6 is 0 Å². The number of nitrogens with zero attached hydrogens (tertiary/aromatic N) is 4. The van der Waals surface area contributed by atoms with Crippen LogP contribution < -0.4 is 10.7 Å². The molecule has 0 atom stereocenters. The van der Waals surface area contributed by atoms with E-state index in [9.17, 15) is 18.0 Å². The number of hydrogen-bond acceptors (Lipinski definition) is 6. The van der Waals surface area contributed by atoms with Gasteiger partial charge in [-0.25, -0.2) is 15.0 Å². The molecule has 0 aliphatic carbocycles.